The summed E-state index contributed by atoms with van der Waals surface area (Å²) in [4.78, 5) is 34.6. The molecule has 2 N–H and O–H groups in total. The third-order valence-corrected chi connectivity index (χ3v) is 7.84. The van der Waals surface area contributed by atoms with Crippen LogP contribution in [0.2, 0.25) is 5.02 Å². The van der Waals surface area contributed by atoms with Crippen LogP contribution in [0.15, 0.2) is 67.4 Å². The molecule has 14 heteroatoms. The molecule has 1 aromatic carbocycles. The van der Waals surface area contributed by atoms with Gasteiger partial charge in [-0.1, -0.05) is 17.7 Å². The van der Waals surface area contributed by atoms with Crippen LogP contribution in [0.25, 0.3) is 16.7 Å². The molecule has 5 heterocycles. The fourth-order valence-electron chi connectivity index (χ4n) is 5.18. The number of rotatable bonds is 10. The van der Waals surface area contributed by atoms with Crippen LogP contribution in [0, 0.1) is 5.92 Å². The SMILES string of the molecule is CN(C)C/C=C/C(=O)NCCN1C[C@@H]2CC2Oc2cc3ncnc(Nc4ccc(Oc5ccn6ncnc6c5)c(Cl)c4)c3nc21. The van der Waals surface area contributed by atoms with Crippen LogP contribution in [0.5, 0.6) is 17.2 Å². The Labute approximate surface area is 263 Å². The highest BCUT2D eigenvalue weighted by molar-refractivity contribution is 6.32. The van der Waals surface area contributed by atoms with Gasteiger partial charge in [-0.3, -0.25) is 4.79 Å². The van der Waals surface area contributed by atoms with Crippen LogP contribution in [0.4, 0.5) is 17.3 Å². The lowest BCUT2D eigenvalue weighted by molar-refractivity contribution is -0.116. The number of carbonyl (C=O) groups is 1. The van der Waals surface area contributed by atoms with Gasteiger partial charge in [-0.15, -0.1) is 0 Å². The molecule has 4 aromatic heterocycles. The minimum absolute atomic E-state index is 0.120. The lowest BCUT2D eigenvalue weighted by Crippen LogP contribution is -2.36. The summed E-state index contributed by atoms with van der Waals surface area (Å²) in [5.41, 5.74) is 2.62. The van der Waals surface area contributed by atoms with Crippen molar-refractivity contribution in [3.05, 3.63) is 72.4 Å². The number of nitrogens with zero attached hydrogens (tertiary/aromatic N) is 8. The molecule has 45 heavy (non-hydrogen) atoms. The van der Waals surface area contributed by atoms with E-state index in [0.717, 1.165) is 13.0 Å². The molecule has 1 amide bonds. The Morgan fingerprint density at radius 3 is 2.96 bits per heavy atom. The van der Waals surface area contributed by atoms with Crippen molar-refractivity contribution in [2.24, 2.45) is 5.92 Å². The van der Waals surface area contributed by atoms with Crippen molar-refractivity contribution in [1.82, 2.24) is 39.8 Å². The monoisotopic (exact) mass is 626 g/mol. The molecule has 0 saturated heterocycles. The molecule has 1 aliphatic carbocycles. The summed E-state index contributed by atoms with van der Waals surface area (Å²) in [7, 11) is 3.91. The number of aromatic nitrogens is 6. The summed E-state index contributed by atoms with van der Waals surface area (Å²) in [6.07, 6.45) is 9.32. The first-order chi connectivity index (χ1) is 21.9. The Bertz CT molecular complexity index is 1910. The van der Waals surface area contributed by atoms with E-state index in [-0.39, 0.29) is 12.0 Å². The highest BCUT2D eigenvalue weighted by atomic mass is 35.5. The van der Waals surface area contributed by atoms with Gasteiger partial charge in [-0.05, 0) is 44.8 Å². The van der Waals surface area contributed by atoms with E-state index in [9.17, 15) is 4.79 Å². The van der Waals surface area contributed by atoms with Crippen molar-refractivity contribution in [1.29, 1.82) is 0 Å². The van der Waals surface area contributed by atoms with Gasteiger partial charge in [0, 0.05) is 62.2 Å². The number of nitrogens with one attached hydrogen (secondary N) is 2. The van der Waals surface area contributed by atoms with Gasteiger partial charge in [0.2, 0.25) is 5.91 Å². The smallest absolute Gasteiger partial charge is 0.243 e. The largest absolute Gasteiger partial charge is 0.486 e. The van der Waals surface area contributed by atoms with Crippen LogP contribution < -0.4 is 25.0 Å². The molecule has 1 fully saturated rings. The Balaban J connectivity index is 1.09. The average molecular weight is 627 g/mol. The zero-order valence-corrected chi connectivity index (χ0v) is 25.5. The summed E-state index contributed by atoms with van der Waals surface area (Å²) in [6, 6.07) is 10.9. The first-order valence-corrected chi connectivity index (χ1v) is 15.0. The van der Waals surface area contributed by atoms with E-state index in [2.05, 4.69) is 35.6 Å². The second kappa shape index (κ2) is 12.2. The molecule has 0 spiro atoms. The fraction of sp³-hybridized carbons (Fsp3) is 0.290. The molecule has 2 atom stereocenters. The van der Waals surface area contributed by atoms with Crippen LogP contribution in [0.1, 0.15) is 6.42 Å². The summed E-state index contributed by atoms with van der Waals surface area (Å²) in [6.45, 7) is 2.55. The number of carbonyl (C=O) groups excluding carboxylic acids is 1. The van der Waals surface area contributed by atoms with Gasteiger partial charge in [-0.25, -0.2) is 24.5 Å². The second-order valence-corrected chi connectivity index (χ2v) is 11.7. The third-order valence-electron chi connectivity index (χ3n) is 7.54. The van der Waals surface area contributed by atoms with E-state index in [0.29, 0.717) is 81.8 Å². The van der Waals surface area contributed by atoms with Gasteiger partial charge in [0.15, 0.2) is 23.0 Å². The van der Waals surface area contributed by atoms with E-state index < -0.39 is 0 Å². The summed E-state index contributed by atoms with van der Waals surface area (Å²) < 4.78 is 14.0. The van der Waals surface area contributed by atoms with Crippen LogP contribution in [0.3, 0.4) is 0 Å². The molecular weight excluding hydrogens is 596 g/mol. The number of benzene rings is 1. The van der Waals surface area contributed by atoms with Gasteiger partial charge in [0.25, 0.3) is 0 Å². The van der Waals surface area contributed by atoms with Crippen molar-refractivity contribution in [3.8, 4) is 17.2 Å². The Kier molecular flexibility index (Phi) is 7.78. The van der Waals surface area contributed by atoms with Crippen molar-refractivity contribution >= 4 is 51.5 Å². The molecular formula is C31H31ClN10O3. The quantitative estimate of drug-likeness (QED) is 0.217. The molecule has 1 saturated carbocycles. The van der Waals surface area contributed by atoms with Crippen molar-refractivity contribution in [2.75, 3.05) is 50.5 Å². The number of amides is 1. The van der Waals surface area contributed by atoms with Crippen LogP contribution >= 0.6 is 11.6 Å². The molecule has 13 nitrogen and oxygen atoms in total. The fourth-order valence-corrected chi connectivity index (χ4v) is 5.40. The normalized spacial score (nSPS) is 17.2. The van der Waals surface area contributed by atoms with Gasteiger partial charge in [-0.2, -0.15) is 5.10 Å². The minimum atomic E-state index is -0.120. The van der Waals surface area contributed by atoms with Gasteiger partial charge >= 0.3 is 0 Å². The number of fused-ring (bicyclic) bond motifs is 4. The number of likely N-dealkylation sites (N-methyl/N-ethyl adjacent to an activating group) is 1. The van der Waals surface area contributed by atoms with Crippen molar-refractivity contribution in [3.63, 3.8) is 0 Å². The van der Waals surface area contributed by atoms with Gasteiger partial charge in [0.05, 0.1) is 10.5 Å². The third kappa shape index (κ3) is 6.44. The number of hydrogen-bond donors (Lipinski definition) is 2. The molecule has 7 rings (SSSR count). The average Bonchev–Trinajstić information content (AvgIpc) is 3.60. The Morgan fingerprint density at radius 1 is 1.18 bits per heavy atom. The van der Waals surface area contributed by atoms with E-state index in [1.807, 2.05) is 37.2 Å². The minimum Gasteiger partial charge on any atom is -0.486 e. The molecule has 5 aromatic rings. The number of ether oxygens (including phenoxy) is 2. The maximum Gasteiger partial charge on any atom is 0.243 e. The molecule has 1 aliphatic heterocycles. The number of hydrogen-bond acceptors (Lipinski definition) is 11. The summed E-state index contributed by atoms with van der Waals surface area (Å²) in [5.74, 6) is 3.30. The van der Waals surface area contributed by atoms with Gasteiger partial charge in [0.1, 0.15) is 35.8 Å². The summed E-state index contributed by atoms with van der Waals surface area (Å²) in [5, 5.41) is 10.8. The maximum absolute atomic E-state index is 12.3. The topological polar surface area (TPSA) is 135 Å². The molecule has 230 valence electrons. The zero-order valence-electron chi connectivity index (χ0n) is 24.7. The first-order valence-electron chi connectivity index (χ1n) is 14.6. The highest BCUT2D eigenvalue weighted by Gasteiger charge is 2.44. The lowest BCUT2D eigenvalue weighted by atomic mass is 10.2. The van der Waals surface area contributed by atoms with Gasteiger partial charge < -0.3 is 29.9 Å². The number of pyridine rings is 2. The molecule has 1 unspecified atom stereocenters. The number of halogens is 1. The molecule has 0 bridgehead atoms. The second-order valence-electron chi connectivity index (χ2n) is 11.3. The predicted molar refractivity (Wildman–Crippen MR) is 171 cm³/mol. The Hall–Kier alpha value is -5.01. The molecule has 0 radical (unpaired) electrons. The summed E-state index contributed by atoms with van der Waals surface area (Å²) >= 11 is 6.62. The van der Waals surface area contributed by atoms with E-state index >= 15 is 0 Å². The first kappa shape index (κ1) is 28.7. The van der Waals surface area contributed by atoms with E-state index in [1.165, 1.54) is 12.7 Å². The van der Waals surface area contributed by atoms with Crippen molar-refractivity contribution < 1.29 is 14.3 Å². The van der Waals surface area contributed by atoms with Crippen LogP contribution in [-0.2, 0) is 4.79 Å². The van der Waals surface area contributed by atoms with E-state index in [1.54, 1.807) is 41.1 Å². The zero-order chi connectivity index (χ0) is 30.9. The standard InChI is InChI=1S/C31H31ClN10O3/c1-40(2)9-3-4-28(43)33-8-11-41-16-19-12-25(19)45-26-15-23-29(39-31(26)41)30(36-17-34-23)38-20-5-6-24(22(32)13-20)44-21-7-10-42-27(14-21)35-18-37-42/h3-7,10,13-15,17-19,25H,8-9,11-12,16H2,1-2H3,(H,33,43)(H,34,36,38)/b4-3+/t19-,25?/m0/s1. The van der Waals surface area contributed by atoms with Crippen LogP contribution in [-0.4, -0.2) is 86.7 Å². The predicted octanol–water partition coefficient (Wildman–Crippen LogP) is 4.08. The van der Waals surface area contributed by atoms with E-state index in [4.69, 9.17) is 26.1 Å². The lowest BCUT2D eigenvalue weighted by Gasteiger charge is -2.24. The Morgan fingerprint density at radius 2 is 2.09 bits per heavy atom. The highest BCUT2D eigenvalue weighted by Crippen LogP contribution is 2.44. The molecule has 2 aliphatic rings. The van der Waals surface area contributed by atoms with Crippen molar-refractivity contribution in [2.45, 2.75) is 12.5 Å². The maximum atomic E-state index is 12.3. The number of anilines is 3.